The molecule has 0 aliphatic heterocycles. The average Bonchev–Trinajstić information content (AvgIpc) is 3.10. The summed E-state index contributed by atoms with van der Waals surface area (Å²) in [6, 6.07) is 9.17. The number of nitrogens with zero attached hydrogens (tertiary/aromatic N) is 2. The van der Waals surface area contributed by atoms with E-state index in [0.29, 0.717) is 6.04 Å². The zero-order valence-corrected chi connectivity index (χ0v) is 15.0. The third-order valence-corrected chi connectivity index (χ3v) is 3.57. The number of rotatable bonds is 4. The molecule has 0 spiro atoms. The summed E-state index contributed by atoms with van der Waals surface area (Å²) in [5.74, 6) is 1.67. The second-order valence-corrected chi connectivity index (χ2v) is 5.45. The molecule has 1 fully saturated rings. The van der Waals surface area contributed by atoms with E-state index in [1.54, 1.807) is 0 Å². The lowest BCUT2D eigenvalue weighted by molar-refractivity contribution is 0.763. The van der Waals surface area contributed by atoms with Crippen LogP contribution in [0.25, 0.3) is 0 Å². The molecule has 5 heteroatoms. The van der Waals surface area contributed by atoms with Crippen LogP contribution >= 0.6 is 24.0 Å². The summed E-state index contributed by atoms with van der Waals surface area (Å²) >= 11 is 0. The number of guanidine groups is 1. The second-order valence-electron chi connectivity index (χ2n) is 5.45. The van der Waals surface area contributed by atoms with Crippen molar-refractivity contribution in [2.75, 3.05) is 26.0 Å². The molecule has 0 heterocycles. The van der Waals surface area contributed by atoms with Gasteiger partial charge in [-0.15, -0.1) is 24.0 Å². The molecule has 0 saturated heterocycles. The standard InChI is InChI=1S/C15H24N4.HI/c1-11-9-14(11)18-15(16-2)17-10-12-5-7-13(8-6-12)19(3)4;/h5-8,11,14H,9-10H2,1-4H3,(H2,16,17,18);1H. The molecule has 112 valence electrons. The average molecular weight is 388 g/mol. The van der Waals surface area contributed by atoms with Crippen LogP contribution in [0.4, 0.5) is 5.69 Å². The van der Waals surface area contributed by atoms with Crippen molar-refractivity contribution in [1.82, 2.24) is 10.6 Å². The highest BCUT2D eigenvalue weighted by atomic mass is 127. The van der Waals surface area contributed by atoms with Gasteiger partial charge < -0.3 is 15.5 Å². The van der Waals surface area contributed by atoms with Crippen molar-refractivity contribution >= 4 is 35.6 Å². The van der Waals surface area contributed by atoms with Crippen LogP contribution in [-0.4, -0.2) is 33.1 Å². The van der Waals surface area contributed by atoms with E-state index >= 15 is 0 Å². The Morgan fingerprint density at radius 1 is 1.30 bits per heavy atom. The van der Waals surface area contributed by atoms with Gasteiger partial charge in [-0.25, -0.2) is 0 Å². The van der Waals surface area contributed by atoms with Gasteiger partial charge in [-0.1, -0.05) is 19.1 Å². The van der Waals surface area contributed by atoms with E-state index in [1.807, 2.05) is 7.05 Å². The highest BCUT2D eigenvalue weighted by Crippen LogP contribution is 2.28. The van der Waals surface area contributed by atoms with E-state index in [2.05, 4.69) is 65.8 Å². The van der Waals surface area contributed by atoms with Gasteiger partial charge in [-0.05, 0) is 30.0 Å². The first kappa shape index (κ1) is 17.1. The summed E-state index contributed by atoms with van der Waals surface area (Å²) in [5.41, 5.74) is 2.48. The third kappa shape index (κ3) is 4.85. The minimum absolute atomic E-state index is 0. The summed E-state index contributed by atoms with van der Waals surface area (Å²) in [6.45, 7) is 3.05. The molecule has 0 bridgehead atoms. The van der Waals surface area contributed by atoms with Crippen LogP contribution in [0.3, 0.4) is 0 Å². The predicted molar refractivity (Wildman–Crippen MR) is 97.1 cm³/mol. The molecule has 2 N–H and O–H groups in total. The van der Waals surface area contributed by atoms with Gasteiger partial charge in [-0.3, -0.25) is 4.99 Å². The zero-order chi connectivity index (χ0) is 13.8. The second kappa shape index (κ2) is 7.71. The van der Waals surface area contributed by atoms with Crippen molar-refractivity contribution in [3.63, 3.8) is 0 Å². The van der Waals surface area contributed by atoms with Crippen LogP contribution in [0.15, 0.2) is 29.3 Å². The molecule has 4 nitrogen and oxygen atoms in total. The van der Waals surface area contributed by atoms with Crippen LogP contribution in [-0.2, 0) is 6.54 Å². The number of halogens is 1. The van der Waals surface area contributed by atoms with Gasteiger partial charge in [0.15, 0.2) is 5.96 Å². The highest BCUT2D eigenvalue weighted by Gasteiger charge is 2.33. The molecule has 0 aromatic heterocycles. The monoisotopic (exact) mass is 388 g/mol. The number of anilines is 1. The lowest BCUT2D eigenvalue weighted by Gasteiger charge is -2.14. The lowest BCUT2D eigenvalue weighted by atomic mass is 10.2. The summed E-state index contributed by atoms with van der Waals surface area (Å²) in [5, 5.41) is 6.77. The highest BCUT2D eigenvalue weighted by molar-refractivity contribution is 14.0. The molecule has 2 atom stereocenters. The fraction of sp³-hybridized carbons (Fsp3) is 0.533. The third-order valence-electron chi connectivity index (χ3n) is 3.57. The van der Waals surface area contributed by atoms with Crippen LogP contribution in [0.2, 0.25) is 0 Å². The number of benzene rings is 1. The zero-order valence-electron chi connectivity index (χ0n) is 12.7. The molecule has 2 rings (SSSR count). The van der Waals surface area contributed by atoms with Crippen LogP contribution in [0.5, 0.6) is 0 Å². The summed E-state index contributed by atoms with van der Waals surface area (Å²) in [6.07, 6.45) is 1.25. The molecule has 1 aliphatic carbocycles. The van der Waals surface area contributed by atoms with E-state index in [-0.39, 0.29) is 24.0 Å². The maximum absolute atomic E-state index is 4.25. The molecule has 1 aliphatic rings. The van der Waals surface area contributed by atoms with Gasteiger partial charge in [0.2, 0.25) is 0 Å². The minimum Gasteiger partial charge on any atom is -0.378 e. The maximum atomic E-state index is 4.25. The molecular formula is C15H25IN4. The Morgan fingerprint density at radius 3 is 2.35 bits per heavy atom. The predicted octanol–water partition coefficient (Wildman–Crippen LogP) is 2.44. The summed E-state index contributed by atoms with van der Waals surface area (Å²) in [7, 11) is 5.92. The molecular weight excluding hydrogens is 363 g/mol. The van der Waals surface area contributed by atoms with Gasteiger partial charge >= 0.3 is 0 Å². The van der Waals surface area contributed by atoms with E-state index < -0.39 is 0 Å². The topological polar surface area (TPSA) is 39.7 Å². The van der Waals surface area contributed by atoms with E-state index in [1.165, 1.54) is 17.7 Å². The SMILES string of the molecule is CN=C(NCc1ccc(N(C)C)cc1)NC1CC1C.I. The van der Waals surface area contributed by atoms with Crippen LogP contribution < -0.4 is 15.5 Å². The largest absolute Gasteiger partial charge is 0.378 e. The first-order chi connectivity index (χ1) is 9.10. The Labute approximate surface area is 139 Å². The number of hydrogen-bond donors (Lipinski definition) is 2. The molecule has 1 saturated carbocycles. The molecule has 0 amide bonds. The Kier molecular flexibility index (Phi) is 6.58. The molecule has 20 heavy (non-hydrogen) atoms. The first-order valence-electron chi connectivity index (χ1n) is 6.83. The minimum atomic E-state index is 0. The van der Waals surface area contributed by atoms with E-state index in [9.17, 15) is 0 Å². The first-order valence-corrected chi connectivity index (χ1v) is 6.83. The van der Waals surface area contributed by atoms with Crippen molar-refractivity contribution < 1.29 is 0 Å². The normalized spacial score (nSPS) is 20.9. The molecule has 1 aromatic rings. The fourth-order valence-electron chi connectivity index (χ4n) is 1.99. The Hall–Kier alpha value is -0.980. The van der Waals surface area contributed by atoms with Crippen LogP contribution in [0, 0.1) is 5.92 Å². The summed E-state index contributed by atoms with van der Waals surface area (Å²) in [4.78, 5) is 6.35. The van der Waals surface area contributed by atoms with Crippen molar-refractivity contribution in [1.29, 1.82) is 0 Å². The van der Waals surface area contributed by atoms with Gasteiger partial charge in [-0.2, -0.15) is 0 Å². The smallest absolute Gasteiger partial charge is 0.191 e. The van der Waals surface area contributed by atoms with Gasteiger partial charge in [0, 0.05) is 39.4 Å². The van der Waals surface area contributed by atoms with Crippen molar-refractivity contribution in [2.45, 2.75) is 25.9 Å². The summed E-state index contributed by atoms with van der Waals surface area (Å²) < 4.78 is 0. The van der Waals surface area contributed by atoms with Crippen molar-refractivity contribution in [3.05, 3.63) is 29.8 Å². The number of aliphatic imine (C=N–C) groups is 1. The lowest BCUT2D eigenvalue weighted by Crippen LogP contribution is -2.38. The van der Waals surface area contributed by atoms with Crippen molar-refractivity contribution in [3.8, 4) is 0 Å². The number of nitrogens with one attached hydrogen (secondary N) is 2. The Balaban J connectivity index is 0.00000200. The van der Waals surface area contributed by atoms with E-state index in [0.717, 1.165) is 18.4 Å². The Morgan fingerprint density at radius 2 is 1.90 bits per heavy atom. The van der Waals surface area contributed by atoms with Gasteiger partial charge in [0.1, 0.15) is 0 Å². The maximum Gasteiger partial charge on any atom is 0.191 e. The fourth-order valence-corrected chi connectivity index (χ4v) is 1.99. The number of hydrogen-bond acceptors (Lipinski definition) is 2. The quantitative estimate of drug-likeness (QED) is 0.473. The van der Waals surface area contributed by atoms with Crippen LogP contribution in [0.1, 0.15) is 18.9 Å². The van der Waals surface area contributed by atoms with Gasteiger partial charge in [0.05, 0.1) is 0 Å². The van der Waals surface area contributed by atoms with Gasteiger partial charge in [0.25, 0.3) is 0 Å². The van der Waals surface area contributed by atoms with E-state index in [4.69, 9.17) is 0 Å². The molecule has 0 radical (unpaired) electrons. The molecule has 1 aromatic carbocycles. The Bertz CT molecular complexity index is 442. The molecule has 2 unspecified atom stereocenters. The van der Waals surface area contributed by atoms with Crippen molar-refractivity contribution in [2.24, 2.45) is 10.9 Å².